The third-order valence-corrected chi connectivity index (χ3v) is 5.13. The van der Waals surface area contributed by atoms with Crippen LogP contribution in [0.25, 0.3) is 6.08 Å². The lowest BCUT2D eigenvalue weighted by molar-refractivity contribution is 0.227. The van der Waals surface area contributed by atoms with Gasteiger partial charge in [-0.05, 0) is 37.6 Å². The first kappa shape index (κ1) is 18.2. The van der Waals surface area contributed by atoms with Crippen molar-refractivity contribution in [3.63, 3.8) is 0 Å². The van der Waals surface area contributed by atoms with Gasteiger partial charge in [0.1, 0.15) is 5.31 Å². The fourth-order valence-corrected chi connectivity index (χ4v) is 3.60. The molecule has 0 atom stereocenters. The van der Waals surface area contributed by atoms with Gasteiger partial charge in [0, 0.05) is 5.56 Å². The fraction of sp³-hybridized carbons (Fsp3) is 0.200. The van der Waals surface area contributed by atoms with Crippen molar-refractivity contribution in [1.82, 2.24) is 0 Å². The average molecular weight is 340 g/mol. The van der Waals surface area contributed by atoms with Crippen LogP contribution in [0, 0.1) is 11.8 Å². The number of rotatable bonds is 6. The maximum atomic E-state index is 13.1. The topological polar surface area (TPSA) is 35.5 Å². The molecule has 0 heterocycles. The molecule has 0 aliphatic carbocycles. The largest absolute Gasteiger partial charge is 0.369 e. The molecule has 0 fully saturated rings. The van der Waals surface area contributed by atoms with Gasteiger partial charge in [0.25, 0.3) is 0 Å². The van der Waals surface area contributed by atoms with E-state index in [1.807, 2.05) is 60.7 Å². The van der Waals surface area contributed by atoms with E-state index in [0.29, 0.717) is 5.31 Å². The van der Waals surface area contributed by atoms with Gasteiger partial charge in [0.2, 0.25) is 0 Å². The summed E-state index contributed by atoms with van der Waals surface area (Å²) in [5.74, 6) is 6.03. The summed E-state index contributed by atoms with van der Waals surface area (Å²) < 4.78 is 24.0. The van der Waals surface area contributed by atoms with Gasteiger partial charge in [-0.25, -0.2) is 0 Å². The van der Waals surface area contributed by atoms with Crippen LogP contribution in [0.1, 0.15) is 25.0 Å². The van der Waals surface area contributed by atoms with Gasteiger partial charge in [-0.2, -0.15) is 0 Å². The van der Waals surface area contributed by atoms with Gasteiger partial charge >= 0.3 is 7.60 Å². The first-order valence-electron chi connectivity index (χ1n) is 7.91. The third-order valence-electron chi connectivity index (χ3n) is 3.10. The van der Waals surface area contributed by atoms with E-state index in [1.54, 1.807) is 19.9 Å². The lowest BCUT2D eigenvalue weighted by Crippen LogP contribution is -1.98. The second-order valence-electron chi connectivity index (χ2n) is 4.89. The Bertz CT molecular complexity index is 761. The van der Waals surface area contributed by atoms with E-state index in [2.05, 4.69) is 11.8 Å². The molecule has 0 saturated heterocycles. The first-order valence-corrected chi connectivity index (χ1v) is 9.45. The summed E-state index contributed by atoms with van der Waals surface area (Å²) in [6.45, 7) is 4.15. The summed E-state index contributed by atoms with van der Waals surface area (Å²) >= 11 is 0. The fourth-order valence-electron chi connectivity index (χ4n) is 2.06. The Kier molecular flexibility index (Phi) is 7.03. The molecule has 0 amide bonds. The van der Waals surface area contributed by atoms with E-state index in [9.17, 15) is 4.57 Å². The van der Waals surface area contributed by atoms with E-state index >= 15 is 0 Å². The molecule has 4 heteroatoms. The van der Waals surface area contributed by atoms with Crippen LogP contribution in [0.5, 0.6) is 0 Å². The molecule has 3 nitrogen and oxygen atoms in total. The standard InChI is InChI=1S/C20H21O3P/c1-3-22-24(21,23-4-2)20(17-19-13-9-6-10-14-19)16-15-18-11-7-5-8-12-18/h5-14,17H,3-4H2,1-2H3/b20-17-. The van der Waals surface area contributed by atoms with Gasteiger partial charge in [0.15, 0.2) is 0 Å². The van der Waals surface area contributed by atoms with Gasteiger partial charge in [-0.15, -0.1) is 0 Å². The number of hydrogen-bond donors (Lipinski definition) is 0. The number of allylic oxidation sites excluding steroid dienone is 1. The lowest BCUT2D eigenvalue weighted by Gasteiger charge is -2.16. The van der Waals surface area contributed by atoms with Crippen molar-refractivity contribution in [2.24, 2.45) is 0 Å². The summed E-state index contributed by atoms with van der Waals surface area (Å²) in [5, 5.41) is 0.362. The van der Waals surface area contributed by atoms with E-state index in [1.165, 1.54) is 0 Å². The van der Waals surface area contributed by atoms with Gasteiger partial charge in [-0.1, -0.05) is 60.4 Å². The maximum Gasteiger partial charge on any atom is 0.369 e. The van der Waals surface area contributed by atoms with Crippen molar-refractivity contribution in [2.75, 3.05) is 13.2 Å². The summed E-state index contributed by atoms with van der Waals surface area (Å²) in [6.07, 6.45) is 1.77. The molecule has 0 N–H and O–H groups in total. The Morgan fingerprint density at radius 2 is 1.50 bits per heavy atom. The summed E-state index contributed by atoms with van der Waals surface area (Å²) in [7, 11) is -3.44. The normalized spacial score (nSPS) is 11.7. The van der Waals surface area contributed by atoms with Crippen molar-refractivity contribution in [1.29, 1.82) is 0 Å². The van der Waals surface area contributed by atoms with Crippen LogP contribution < -0.4 is 0 Å². The molecule has 2 aromatic rings. The van der Waals surface area contributed by atoms with Gasteiger partial charge < -0.3 is 9.05 Å². The molecule has 0 radical (unpaired) electrons. The molecule has 0 bridgehead atoms. The Balaban J connectivity index is 2.47. The highest BCUT2D eigenvalue weighted by Gasteiger charge is 2.28. The van der Waals surface area contributed by atoms with Gasteiger partial charge in [0.05, 0.1) is 13.2 Å². The van der Waals surface area contributed by atoms with Crippen molar-refractivity contribution in [3.8, 4) is 11.8 Å². The second-order valence-corrected chi connectivity index (χ2v) is 6.88. The van der Waals surface area contributed by atoms with E-state index in [-0.39, 0.29) is 13.2 Å². The Hall–Kier alpha value is -2.11. The minimum atomic E-state index is -3.44. The Morgan fingerprint density at radius 1 is 0.958 bits per heavy atom. The molecule has 0 aromatic heterocycles. The highest BCUT2D eigenvalue weighted by Crippen LogP contribution is 2.56. The van der Waals surface area contributed by atoms with Crippen molar-refractivity contribution < 1.29 is 13.6 Å². The molecular formula is C20H21O3P. The van der Waals surface area contributed by atoms with E-state index in [4.69, 9.17) is 9.05 Å². The first-order chi connectivity index (χ1) is 11.7. The molecule has 0 spiro atoms. The molecule has 0 aliphatic rings. The monoisotopic (exact) mass is 340 g/mol. The number of benzene rings is 2. The maximum absolute atomic E-state index is 13.1. The van der Waals surface area contributed by atoms with E-state index < -0.39 is 7.60 Å². The van der Waals surface area contributed by atoms with Crippen LogP contribution in [-0.4, -0.2) is 13.2 Å². The van der Waals surface area contributed by atoms with Crippen LogP contribution in [0.2, 0.25) is 0 Å². The van der Waals surface area contributed by atoms with Gasteiger partial charge in [-0.3, -0.25) is 4.57 Å². The highest BCUT2D eigenvalue weighted by molar-refractivity contribution is 7.59. The van der Waals surface area contributed by atoms with Crippen LogP contribution in [-0.2, 0) is 13.6 Å². The minimum absolute atomic E-state index is 0.288. The quantitative estimate of drug-likeness (QED) is 0.525. The molecule has 2 aromatic carbocycles. The predicted molar refractivity (Wildman–Crippen MR) is 98.6 cm³/mol. The molecule has 24 heavy (non-hydrogen) atoms. The molecule has 0 unspecified atom stereocenters. The van der Waals surface area contributed by atoms with Crippen molar-refractivity contribution >= 4 is 13.7 Å². The van der Waals surface area contributed by atoms with Crippen molar-refractivity contribution in [3.05, 3.63) is 77.1 Å². The number of hydrogen-bond acceptors (Lipinski definition) is 3. The van der Waals surface area contributed by atoms with Crippen molar-refractivity contribution in [2.45, 2.75) is 13.8 Å². The third kappa shape index (κ3) is 5.22. The molecule has 0 saturated carbocycles. The Labute approximate surface area is 143 Å². The second kappa shape index (κ2) is 9.25. The zero-order valence-electron chi connectivity index (χ0n) is 13.9. The molecule has 0 aliphatic heterocycles. The SMILES string of the molecule is CCOP(=O)(OCC)/C(C#Cc1ccccc1)=C\c1ccccc1. The smallest absolute Gasteiger partial charge is 0.305 e. The zero-order valence-corrected chi connectivity index (χ0v) is 14.8. The zero-order chi connectivity index (χ0) is 17.3. The van der Waals surface area contributed by atoms with Crippen LogP contribution in [0.15, 0.2) is 66.0 Å². The minimum Gasteiger partial charge on any atom is -0.305 e. The van der Waals surface area contributed by atoms with E-state index in [0.717, 1.165) is 11.1 Å². The van der Waals surface area contributed by atoms with Crippen LogP contribution in [0.3, 0.4) is 0 Å². The average Bonchev–Trinajstić information content (AvgIpc) is 2.61. The predicted octanol–water partition coefficient (Wildman–Crippen LogP) is 5.35. The lowest BCUT2D eigenvalue weighted by atomic mass is 10.2. The van der Waals surface area contributed by atoms with Crippen LogP contribution >= 0.6 is 7.60 Å². The molecular weight excluding hydrogens is 319 g/mol. The summed E-state index contributed by atoms with van der Waals surface area (Å²) in [5.41, 5.74) is 1.74. The molecule has 2 rings (SSSR count). The van der Waals surface area contributed by atoms with Crippen LogP contribution in [0.4, 0.5) is 0 Å². The molecule has 124 valence electrons. The summed E-state index contributed by atoms with van der Waals surface area (Å²) in [4.78, 5) is 0. The summed E-state index contributed by atoms with van der Waals surface area (Å²) in [6, 6.07) is 19.2. The Morgan fingerprint density at radius 3 is 2.04 bits per heavy atom. The highest BCUT2D eigenvalue weighted by atomic mass is 31.2.